The largest absolute Gasteiger partial charge is 0.419 e. The molecular formula is C26H21F4N5O2. The molecule has 0 saturated carbocycles. The zero-order chi connectivity index (χ0) is 26.7. The van der Waals surface area contributed by atoms with E-state index >= 15 is 0 Å². The van der Waals surface area contributed by atoms with E-state index in [1.54, 1.807) is 48.7 Å². The molecule has 0 aliphatic heterocycles. The lowest BCUT2D eigenvalue weighted by Gasteiger charge is -2.13. The van der Waals surface area contributed by atoms with Crippen molar-refractivity contribution in [2.24, 2.45) is 0 Å². The summed E-state index contributed by atoms with van der Waals surface area (Å²) in [6.07, 6.45) is -3.31. The molecule has 0 fully saturated rings. The Bertz CT molecular complexity index is 1470. The minimum atomic E-state index is -4.89. The van der Waals surface area contributed by atoms with E-state index in [0.717, 1.165) is 6.07 Å². The number of carbonyl (C=O) groups is 2. The maximum atomic E-state index is 13.5. The van der Waals surface area contributed by atoms with Gasteiger partial charge in [0, 0.05) is 29.2 Å². The lowest BCUT2D eigenvalue weighted by Crippen LogP contribution is -2.30. The molecule has 0 saturated heterocycles. The molecule has 11 heteroatoms. The summed E-state index contributed by atoms with van der Waals surface area (Å²) in [5, 5.41) is 7.61. The van der Waals surface area contributed by atoms with E-state index in [0.29, 0.717) is 45.7 Å². The summed E-state index contributed by atoms with van der Waals surface area (Å²) < 4.78 is 52.2. The first kappa shape index (κ1) is 25.5. The van der Waals surface area contributed by atoms with Crippen LogP contribution in [0.15, 0.2) is 66.9 Å². The summed E-state index contributed by atoms with van der Waals surface area (Å²) in [7, 11) is 0. The molecule has 0 aliphatic carbocycles. The van der Waals surface area contributed by atoms with Gasteiger partial charge in [-0.1, -0.05) is 12.1 Å². The van der Waals surface area contributed by atoms with Crippen LogP contribution < -0.4 is 16.0 Å². The highest BCUT2D eigenvalue weighted by Gasteiger charge is 2.34. The van der Waals surface area contributed by atoms with E-state index < -0.39 is 23.6 Å². The summed E-state index contributed by atoms with van der Waals surface area (Å²) in [5.74, 6) is -1.72. The quantitative estimate of drug-likeness (QED) is 0.277. The third kappa shape index (κ3) is 6.00. The van der Waals surface area contributed by atoms with Crippen LogP contribution in [0.2, 0.25) is 0 Å². The molecule has 4 rings (SSSR count). The molecule has 37 heavy (non-hydrogen) atoms. The second kappa shape index (κ2) is 10.2. The highest BCUT2D eigenvalue weighted by atomic mass is 19.4. The number of amides is 3. The Labute approximate surface area is 208 Å². The second-order valence-corrected chi connectivity index (χ2v) is 8.40. The zero-order valence-corrected chi connectivity index (χ0v) is 19.7. The van der Waals surface area contributed by atoms with Gasteiger partial charge in [-0.05, 0) is 62.4 Å². The Morgan fingerprint density at radius 2 is 1.59 bits per heavy atom. The Hall–Kier alpha value is -4.54. The predicted octanol–water partition coefficient (Wildman–Crippen LogP) is 6.24. The van der Waals surface area contributed by atoms with Crippen molar-refractivity contribution in [1.82, 2.24) is 15.3 Å². The average Bonchev–Trinajstić information content (AvgIpc) is 2.84. The maximum absolute atomic E-state index is 13.5. The summed E-state index contributed by atoms with van der Waals surface area (Å²) >= 11 is 0. The fraction of sp³-hybridized carbons (Fsp3) is 0.154. The van der Waals surface area contributed by atoms with Gasteiger partial charge in [-0.3, -0.25) is 9.78 Å². The number of urea groups is 1. The van der Waals surface area contributed by atoms with Crippen LogP contribution in [0.1, 0.15) is 29.8 Å². The number of pyridine rings is 2. The SMILES string of the molecule is CC(C)NC(=O)c1cc(-c2ccc(NC(=O)Nc3ccc(F)c(C(F)(F)F)c3)cc2)nc2cccnc12. The van der Waals surface area contributed by atoms with Gasteiger partial charge in [0.2, 0.25) is 0 Å². The van der Waals surface area contributed by atoms with Crippen LogP contribution in [0.25, 0.3) is 22.3 Å². The number of nitrogens with zero attached hydrogens (tertiary/aromatic N) is 2. The minimum absolute atomic E-state index is 0.0747. The number of fused-ring (bicyclic) bond motifs is 1. The molecule has 7 nitrogen and oxygen atoms in total. The third-order valence-electron chi connectivity index (χ3n) is 5.20. The smallest absolute Gasteiger partial charge is 0.350 e. The Balaban J connectivity index is 1.53. The molecule has 0 aliphatic rings. The van der Waals surface area contributed by atoms with E-state index in [1.165, 1.54) is 0 Å². The highest BCUT2D eigenvalue weighted by Crippen LogP contribution is 2.33. The summed E-state index contributed by atoms with van der Waals surface area (Å²) in [6.45, 7) is 3.70. The van der Waals surface area contributed by atoms with Gasteiger partial charge in [0.05, 0.1) is 22.3 Å². The van der Waals surface area contributed by atoms with E-state index in [2.05, 4.69) is 25.9 Å². The standard InChI is InChI=1S/C26H21F4N5O2/c1-14(2)32-24(36)18-13-22(35-21-4-3-11-31-23(18)21)15-5-7-16(8-6-15)33-25(37)34-17-9-10-20(27)19(12-17)26(28,29)30/h3-14H,1-2H3,(H,32,36)(H2,33,34,37). The van der Waals surface area contributed by atoms with Crippen molar-refractivity contribution in [2.45, 2.75) is 26.1 Å². The number of hydrogen-bond donors (Lipinski definition) is 3. The molecule has 4 aromatic rings. The number of benzene rings is 2. The number of nitrogens with one attached hydrogen (secondary N) is 3. The molecule has 0 atom stereocenters. The van der Waals surface area contributed by atoms with Crippen molar-refractivity contribution in [3.63, 3.8) is 0 Å². The number of anilines is 2. The van der Waals surface area contributed by atoms with Gasteiger partial charge < -0.3 is 16.0 Å². The molecule has 2 aromatic heterocycles. The van der Waals surface area contributed by atoms with E-state index in [-0.39, 0.29) is 17.6 Å². The molecular weight excluding hydrogens is 490 g/mol. The summed E-state index contributed by atoms with van der Waals surface area (Å²) in [6, 6.07) is 12.9. The zero-order valence-electron chi connectivity index (χ0n) is 19.7. The van der Waals surface area contributed by atoms with Gasteiger partial charge in [0.15, 0.2) is 0 Å². The Kier molecular flexibility index (Phi) is 7.05. The topological polar surface area (TPSA) is 96.0 Å². The number of rotatable bonds is 5. The van der Waals surface area contributed by atoms with Gasteiger partial charge in [0.1, 0.15) is 11.3 Å². The van der Waals surface area contributed by atoms with E-state index in [4.69, 9.17) is 0 Å². The lowest BCUT2D eigenvalue weighted by molar-refractivity contribution is -0.139. The van der Waals surface area contributed by atoms with Gasteiger partial charge in [-0.15, -0.1) is 0 Å². The van der Waals surface area contributed by atoms with Crippen molar-refractivity contribution in [3.8, 4) is 11.3 Å². The molecule has 0 spiro atoms. The van der Waals surface area contributed by atoms with Crippen LogP contribution in [-0.4, -0.2) is 27.9 Å². The Morgan fingerprint density at radius 1 is 0.919 bits per heavy atom. The van der Waals surface area contributed by atoms with E-state index in [9.17, 15) is 27.2 Å². The van der Waals surface area contributed by atoms with Crippen molar-refractivity contribution < 1.29 is 27.2 Å². The number of halogens is 4. The number of alkyl halides is 3. The monoisotopic (exact) mass is 511 g/mol. The Morgan fingerprint density at radius 3 is 2.27 bits per heavy atom. The van der Waals surface area contributed by atoms with Crippen LogP contribution in [0, 0.1) is 5.82 Å². The molecule has 190 valence electrons. The first-order valence-electron chi connectivity index (χ1n) is 11.1. The lowest BCUT2D eigenvalue weighted by atomic mass is 10.1. The predicted molar refractivity (Wildman–Crippen MR) is 132 cm³/mol. The van der Waals surface area contributed by atoms with Crippen LogP contribution in [0.5, 0.6) is 0 Å². The van der Waals surface area contributed by atoms with Crippen LogP contribution in [0.3, 0.4) is 0 Å². The van der Waals surface area contributed by atoms with Crippen molar-refractivity contribution in [2.75, 3.05) is 10.6 Å². The summed E-state index contributed by atoms with van der Waals surface area (Å²) in [5.41, 5.74) is 1.19. The first-order chi connectivity index (χ1) is 17.5. The number of hydrogen-bond acceptors (Lipinski definition) is 4. The van der Waals surface area contributed by atoms with Crippen molar-refractivity contribution in [1.29, 1.82) is 0 Å². The molecule has 2 aromatic carbocycles. The molecule has 0 bridgehead atoms. The van der Waals surface area contributed by atoms with Crippen LogP contribution in [0.4, 0.5) is 33.7 Å². The number of carbonyl (C=O) groups excluding carboxylic acids is 2. The fourth-order valence-electron chi connectivity index (χ4n) is 3.56. The van der Waals surface area contributed by atoms with Gasteiger partial charge >= 0.3 is 12.2 Å². The van der Waals surface area contributed by atoms with Crippen LogP contribution >= 0.6 is 0 Å². The molecule has 3 amide bonds. The average molecular weight is 511 g/mol. The fourth-order valence-corrected chi connectivity index (χ4v) is 3.56. The molecule has 2 heterocycles. The van der Waals surface area contributed by atoms with Crippen LogP contribution in [-0.2, 0) is 6.18 Å². The third-order valence-corrected chi connectivity index (χ3v) is 5.20. The second-order valence-electron chi connectivity index (χ2n) is 8.40. The number of aromatic nitrogens is 2. The summed E-state index contributed by atoms with van der Waals surface area (Å²) in [4.78, 5) is 33.9. The molecule has 0 radical (unpaired) electrons. The minimum Gasteiger partial charge on any atom is -0.350 e. The van der Waals surface area contributed by atoms with Gasteiger partial charge in [-0.25, -0.2) is 14.2 Å². The normalized spacial score (nSPS) is 11.4. The molecule has 0 unspecified atom stereocenters. The van der Waals surface area contributed by atoms with Crippen molar-refractivity contribution >= 4 is 34.3 Å². The van der Waals surface area contributed by atoms with Gasteiger partial charge in [0.25, 0.3) is 5.91 Å². The van der Waals surface area contributed by atoms with Crippen molar-refractivity contribution in [3.05, 3.63) is 83.8 Å². The van der Waals surface area contributed by atoms with E-state index in [1.807, 2.05) is 13.8 Å². The first-order valence-corrected chi connectivity index (χ1v) is 11.1. The molecule has 3 N–H and O–H groups in total. The highest BCUT2D eigenvalue weighted by molar-refractivity contribution is 6.06. The maximum Gasteiger partial charge on any atom is 0.419 e. The van der Waals surface area contributed by atoms with Gasteiger partial charge in [-0.2, -0.15) is 13.2 Å².